The summed E-state index contributed by atoms with van der Waals surface area (Å²) in [5.74, 6) is 1.71. The van der Waals surface area contributed by atoms with Crippen LogP contribution in [0.2, 0.25) is 5.02 Å². The fraction of sp³-hybridized carbons (Fsp3) is 0.684. The van der Waals surface area contributed by atoms with Crippen molar-refractivity contribution >= 4 is 17.5 Å². The maximum Gasteiger partial charge on any atom is 0.222 e. The molecule has 0 spiro atoms. The summed E-state index contributed by atoms with van der Waals surface area (Å²) in [6, 6.07) is 1.78. The third kappa shape index (κ3) is 4.85. The number of hydrogen-bond acceptors (Lipinski definition) is 3. The van der Waals surface area contributed by atoms with Crippen LogP contribution < -0.4 is 4.74 Å². The zero-order valence-electron chi connectivity index (χ0n) is 14.3. The molecule has 1 aliphatic carbocycles. The van der Waals surface area contributed by atoms with Crippen molar-refractivity contribution in [3.63, 3.8) is 0 Å². The SMILES string of the molecule is O=C(CCC1CCCCC1)N1CCCC(Oc2ccncc2Cl)C1. The maximum absolute atomic E-state index is 12.5. The zero-order valence-corrected chi connectivity index (χ0v) is 15.0. The van der Waals surface area contributed by atoms with E-state index in [1.807, 2.05) is 4.90 Å². The molecule has 1 saturated heterocycles. The second kappa shape index (κ2) is 8.70. The van der Waals surface area contributed by atoms with Crippen molar-refractivity contribution in [2.75, 3.05) is 13.1 Å². The Balaban J connectivity index is 1.47. The molecule has 0 aromatic carbocycles. The van der Waals surface area contributed by atoms with Gasteiger partial charge in [-0.3, -0.25) is 9.78 Å². The van der Waals surface area contributed by atoms with E-state index in [1.165, 1.54) is 32.1 Å². The molecular weight excluding hydrogens is 324 g/mol. The van der Waals surface area contributed by atoms with Crippen LogP contribution in [-0.2, 0) is 4.79 Å². The van der Waals surface area contributed by atoms with Gasteiger partial charge in [0.2, 0.25) is 5.91 Å². The molecule has 3 rings (SSSR count). The van der Waals surface area contributed by atoms with E-state index in [-0.39, 0.29) is 12.0 Å². The topological polar surface area (TPSA) is 42.4 Å². The van der Waals surface area contributed by atoms with Crippen LogP contribution in [0.1, 0.15) is 57.8 Å². The van der Waals surface area contributed by atoms with Gasteiger partial charge < -0.3 is 9.64 Å². The predicted octanol–water partition coefficient (Wildman–Crippen LogP) is 4.47. The number of hydrogen-bond donors (Lipinski definition) is 0. The normalized spacial score (nSPS) is 22.4. The van der Waals surface area contributed by atoms with Gasteiger partial charge in [-0.05, 0) is 25.2 Å². The van der Waals surface area contributed by atoms with Crippen LogP contribution >= 0.6 is 11.6 Å². The van der Waals surface area contributed by atoms with Crippen LogP contribution in [0.25, 0.3) is 0 Å². The molecule has 2 heterocycles. The molecule has 1 aromatic heterocycles. The summed E-state index contributed by atoms with van der Waals surface area (Å²) < 4.78 is 6.00. The predicted molar refractivity (Wildman–Crippen MR) is 95.3 cm³/mol. The number of likely N-dealkylation sites (tertiary alicyclic amines) is 1. The average molecular weight is 351 g/mol. The Labute approximate surface area is 149 Å². The van der Waals surface area contributed by atoms with Gasteiger partial charge in [-0.2, -0.15) is 0 Å². The van der Waals surface area contributed by atoms with Crippen molar-refractivity contribution in [3.05, 3.63) is 23.5 Å². The molecule has 2 aliphatic rings. The van der Waals surface area contributed by atoms with E-state index >= 15 is 0 Å². The smallest absolute Gasteiger partial charge is 0.222 e. The van der Waals surface area contributed by atoms with Gasteiger partial charge in [0.15, 0.2) is 0 Å². The number of carbonyl (C=O) groups is 1. The van der Waals surface area contributed by atoms with Gasteiger partial charge in [-0.1, -0.05) is 43.7 Å². The molecule has 0 radical (unpaired) electrons. The quantitative estimate of drug-likeness (QED) is 0.787. The van der Waals surface area contributed by atoms with Crippen molar-refractivity contribution in [2.24, 2.45) is 5.92 Å². The Kier molecular flexibility index (Phi) is 6.36. The third-order valence-corrected chi connectivity index (χ3v) is 5.53. The van der Waals surface area contributed by atoms with Crippen molar-refractivity contribution in [1.82, 2.24) is 9.88 Å². The summed E-state index contributed by atoms with van der Waals surface area (Å²) in [4.78, 5) is 18.5. The molecule has 0 bridgehead atoms. The lowest BCUT2D eigenvalue weighted by Crippen LogP contribution is -2.44. The third-order valence-electron chi connectivity index (χ3n) is 5.25. The van der Waals surface area contributed by atoms with Crippen LogP contribution in [-0.4, -0.2) is 35.0 Å². The zero-order chi connectivity index (χ0) is 16.8. The molecule has 1 aromatic rings. The summed E-state index contributed by atoms with van der Waals surface area (Å²) in [7, 11) is 0. The lowest BCUT2D eigenvalue weighted by Gasteiger charge is -2.33. The Morgan fingerprint density at radius 3 is 2.88 bits per heavy atom. The van der Waals surface area contributed by atoms with Gasteiger partial charge in [-0.15, -0.1) is 0 Å². The Hall–Kier alpha value is -1.29. The minimum Gasteiger partial charge on any atom is -0.487 e. The standard InChI is InChI=1S/C19H27ClN2O2/c20-17-13-21-11-10-18(17)24-16-7-4-12-22(14-16)19(23)9-8-15-5-2-1-3-6-15/h10-11,13,15-16H,1-9,12,14H2. The molecule has 0 N–H and O–H groups in total. The fourth-order valence-electron chi connectivity index (χ4n) is 3.86. The lowest BCUT2D eigenvalue weighted by molar-refractivity contribution is -0.134. The highest BCUT2D eigenvalue weighted by atomic mass is 35.5. The molecule has 1 unspecified atom stereocenters. The molecular formula is C19H27ClN2O2. The Morgan fingerprint density at radius 2 is 2.08 bits per heavy atom. The van der Waals surface area contributed by atoms with Crippen LogP contribution in [0.5, 0.6) is 5.75 Å². The first-order valence-corrected chi connectivity index (χ1v) is 9.64. The number of aromatic nitrogens is 1. The minimum atomic E-state index is 0.0253. The van der Waals surface area contributed by atoms with E-state index in [0.717, 1.165) is 31.7 Å². The molecule has 24 heavy (non-hydrogen) atoms. The molecule has 1 amide bonds. The van der Waals surface area contributed by atoms with E-state index in [2.05, 4.69) is 4.98 Å². The first kappa shape index (κ1) is 17.5. The number of rotatable bonds is 5. The number of pyridine rings is 1. The van der Waals surface area contributed by atoms with Gasteiger partial charge in [0.1, 0.15) is 16.9 Å². The molecule has 1 aliphatic heterocycles. The Morgan fingerprint density at radius 1 is 1.25 bits per heavy atom. The summed E-state index contributed by atoms with van der Waals surface area (Å²) >= 11 is 6.11. The fourth-order valence-corrected chi connectivity index (χ4v) is 4.02. The highest BCUT2D eigenvalue weighted by Crippen LogP contribution is 2.28. The number of carbonyl (C=O) groups excluding carboxylic acids is 1. The van der Waals surface area contributed by atoms with Crippen LogP contribution in [0.15, 0.2) is 18.5 Å². The van der Waals surface area contributed by atoms with Gasteiger partial charge >= 0.3 is 0 Å². The van der Waals surface area contributed by atoms with Crippen LogP contribution in [0.3, 0.4) is 0 Å². The minimum absolute atomic E-state index is 0.0253. The van der Waals surface area contributed by atoms with E-state index in [0.29, 0.717) is 23.7 Å². The highest BCUT2D eigenvalue weighted by molar-refractivity contribution is 6.31. The number of ether oxygens (including phenoxy) is 1. The van der Waals surface area contributed by atoms with Gasteiger partial charge in [0.25, 0.3) is 0 Å². The molecule has 2 fully saturated rings. The summed E-state index contributed by atoms with van der Waals surface area (Å²) in [6.45, 7) is 1.52. The first-order chi connectivity index (χ1) is 11.7. The van der Waals surface area contributed by atoms with E-state index < -0.39 is 0 Å². The van der Waals surface area contributed by atoms with Crippen molar-refractivity contribution in [1.29, 1.82) is 0 Å². The number of halogens is 1. The van der Waals surface area contributed by atoms with E-state index in [4.69, 9.17) is 16.3 Å². The molecule has 132 valence electrons. The lowest BCUT2D eigenvalue weighted by atomic mass is 9.86. The summed E-state index contributed by atoms with van der Waals surface area (Å²) in [5.41, 5.74) is 0. The van der Waals surface area contributed by atoms with Crippen molar-refractivity contribution in [2.45, 2.75) is 63.9 Å². The summed E-state index contributed by atoms with van der Waals surface area (Å²) in [5, 5.41) is 0.526. The van der Waals surface area contributed by atoms with Gasteiger partial charge in [0, 0.05) is 31.4 Å². The second-order valence-electron chi connectivity index (χ2n) is 7.07. The molecule has 5 heteroatoms. The number of amides is 1. The van der Waals surface area contributed by atoms with Gasteiger partial charge in [-0.25, -0.2) is 0 Å². The monoisotopic (exact) mass is 350 g/mol. The largest absolute Gasteiger partial charge is 0.487 e. The van der Waals surface area contributed by atoms with Crippen molar-refractivity contribution < 1.29 is 9.53 Å². The average Bonchev–Trinajstić information content (AvgIpc) is 2.63. The Bertz CT molecular complexity index is 546. The number of nitrogens with zero attached hydrogens (tertiary/aromatic N) is 2. The van der Waals surface area contributed by atoms with E-state index in [9.17, 15) is 4.79 Å². The molecule has 1 atom stereocenters. The highest BCUT2D eigenvalue weighted by Gasteiger charge is 2.26. The molecule has 4 nitrogen and oxygen atoms in total. The first-order valence-electron chi connectivity index (χ1n) is 9.26. The van der Waals surface area contributed by atoms with Crippen LogP contribution in [0, 0.1) is 5.92 Å². The van der Waals surface area contributed by atoms with E-state index in [1.54, 1.807) is 18.5 Å². The van der Waals surface area contributed by atoms with Crippen molar-refractivity contribution in [3.8, 4) is 5.75 Å². The number of piperidine rings is 1. The second-order valence-corrected chi connectivity index (χ2v) is 7.48. The summed E-state index contributed by atoms with van der Waals surface area (Å²) in [6.07, 6.45) is 13.6. The maximum atomic E-state index is 12.5. The molecule has 1 saturated carbocycles. The van der Waals surface area contributed by atoms with Gasteiger partial charge in [0.05, 0.1) is 6.54 Å². The van der Waals surface area contributed by atoms with Crippen LogP contribution in [0.4, 0.5) is 0 Å².